The quantitative estimate of drug-likeness (QED) is 0.598. The first-order chi connectivity index (χ1) is 12.3. The summed E-state index contributed by atoms with van der Waals surface area (Å²) >= 11 is 0. The third-order valence-electron chi connectivity index (χ3n) is 3.52. The summed E-state index contributed by atoms with van der Waals surface area (Å²) < 4.78 is 58.1. The van der Waals surface area contributed by atoms with Crippen LogP contribution < -0.4 is 9.64 Å². The predicted molar refractivity (Wildman–Crippen MR) is 88.0 cm³/mol. The van der Waals surface area contributed by atoms with Crippen molar-refractivity contribution in [3.63, 3.8) is 0 Å². The van der Waals surface area contributed by atoms with Crippen molar-refractivity contribution in [2.24, 2.45) is 0 Å². The van der Waals surface area contributed by atoms with E-state index >= 15 is 0 Å². The van der Waals surface area contributed by atoms with Crippen LogP contribution in [-0.4, -0.2) is 17.0 Å². The van der Waals surface area contributed by atoms with Gasteiger partial charge in [-0.05, 0) is 36.4 Å². The molecule has 134 valence electrons. The molecule has 0 bridgehead atoms. The molecule has 0 saturated carbocycles. The van der Waals surface area contributed by atoms with E-state index in [0.29, 0.717) is 11.9 Å². The smallest absolute Gasteiger partial charge is 0.423 e. The van der Waals surface area contributed by atoms with Crippen LogP contribution in [0.15, 0.2) is 60.8 Å². The van der Waals surface area contributed by atoms with Crippen molar-refractivity contribution in [1.29, 1.82) is 0 Å². The van der Waals surface area contributed by atoms with Gasteiger partial charge in [0.1, 0.15) is 17.1 Å². The fourth-order valence-corrected chi connectivity index (χ4v) is 2.17. The van der Waals surface area contributed by atoms with Gasteiger partial charge in [0.25, 0.3) is 0 Å². The Morgan fingerprint density at radius 3 is 2.23 bits per heavy atom. The number of hydrogen-bond donors (Lipinski definition) is 0. The van der Waals surface area contributed by atoms with Gasteiger partial charge in [-0.2, -0.15) is 18.2 Å². The van der Waals surface area contributed by atoms with Gasteiger partial charge in [0.05, 0.1) is 0 Å². The first kappa shape index (κ1) is 17.7. The highest BCUT2D eigenvalue weighted by Crippen LogP contribution is 2.37. The second-order valence-electron chi connectivity index (χ2n) is 5.34. The van der Waals surface area contributed by atoms with E-state index in [0.717, 1.165) is 0 Å². The molecule has 0 N–H and O–H groups in total. The van der Waals surface area contributed by atoms with Crippen LogP contribution >= 0.6 is 0 Å². The lowest BCUT2D eigenvalue weighted by Gasteiger charge is -2.19. The molecule has 3 rings (SSSR count). The van der Waals surface area contributed by atoms with Gasteiger partial charge in [0.15, 0.2) is 0 Å². The number of rotatable bonds is 4. The highest BCUT2D eigenvalue weighted by Gasteiger charge is 2.36. The number of hydrogen-bond acceptors (Lipinski definition) is 4. The van der Waals surface area contributed by atoms with E-state index in [2.05, 4.69) is 9.97 Å². The Labute approximate surface area is 146 Å². The van der Waals surface area contributed by atoms with E-state index in [1.165, 1.54) is 41.3 Å². The van der Waals surface area contributed by atoms with Gasteiger partial charge in [0, 0.05) is 18.9 Å². The standard InChI is InChI=1S/C18H13F4N3O/c1-25(13-9-7-12(19)8-10-13)17-23-11-15(18(20,21)22)16(24-17)26-14-5-3-2-4-6-14/h2-11H,1H3. The molecule has 0 saturated heterocycles. The number of halogens is 4. The Morgan fingerprint density at radius 2 is 1.62 bits per heavy atom. The van der Waals surface area contributed by atoms with E-state index < -0.39 is 23.4 Å². The molecule has 0 atom stereocenters. The van der Waals surface area contributed by atoms with Crippen LogP contribution in [0.4, 0.5) is 29.2 Å². The molecule has 0 aliphatic rings. The van der Waals surface area contributed by atoms with Gasteiger partial charge in [-0.3, -0.25) is 0 Å². The van der Waals surface area contributed by atoms with Crippen molar-refractivity contribution in [3.8, 4) is 11.6 Å². The molecule has 4 nitrogen and oxygen atoms in total. The average molecular weight is 363 g/mol. The lowest BCUT2D eigenvalue weighted by atomic mass is 10.3. The van der Waals surface area contributed by atoms with Crippen molar-refractivity contribution in [2.75, 3.05) is 11.9 Å². The summed E-state index contributed by atoms with van der Waals surface area (Å²) in [5, 5.41) is 0. The van der Waals surface area contributed by atoms with Crippen LogP contribution in [0.3, 0.4) is 0 Å². The minimum Gasteiger partial charge on any atom is -0.438 e. The van der Waals surface area contributed by atoms with Crippen molar-refractivity contribution in [2.45, 2.75) is 6.18 Å². The van der Waals surface area contributed by atoms with Gasteiger partial charge in [-0.25, -0.2) is 9.37 Å². The van der Waals surface area contributed by atoms with Crippen LogP contribution in [0.25, 0.3) is 0 Å². The summed E-state index contributed by atoms with van der Waals surface area (Å²) in [5.74, 6) is -0.839. The van der Waals surface area contributed by atoms with E-state index in [1.54, 1.807) is 25.2 Å². The number of alkyl halides is 3. The van der Waals surface area contributed by atoms with Crippen molar-refractivity contribution in [1.82, 2.24) is 9.97 Å². The maximum Gasteiger partial charge on any atom is 0.423 e. The summed E-state index contributed by atoms with van der Waals surface area (Å²) in [5.41, 5.74) is -0.575. The van der Waals surface area contributed by atoms with Crippen molar-refractivity contribution >= 4 is 11.6 Å². The molecule has 0 aliphatic heterocycles. The first-order valence-corrected chi connectivity index (χ1v) is 7.51. The summed E-state index contributed by atoms with van der Waals surface area (Å²) in [6.45, 7) is 0. The Balaban J connectivity index is 2.00. The molecule has 0 fully saturated rings. The maximum absolute atomic E-state index is 13.2. The number of anilines is 2. The molecule has 3 aromatic rings. The average Bonchev–Trinajstić information content (AvgIpc) is 2.61. The SMILES string of the molecule is CN(c1ccc(F)cc1)c1ncc(C(F)(F)F)c(Oc2ccccc2)n1. The zero-order chi connectivity index (χ0) is 18.7. The molecule has 1 heterocycles. The Hall–Kier alpha value is -3.16. The number of para-hydroxylation sites is 1. The highest BCUT2D eigenvalue weighted by molar-refractivity contribution is 5.56. The third-order valence-corrected chi connectivity index (χ3v) is 3.52. The molecule has 0 radical (unpaired) electrons. The summed E-state index contributed by atoms with van der Waals surface area (Å²) in [6, 6.07) is 13.4. The molecule has 1 aromatic heterocycles. The fraction of sp³-hybridized carbons (Fsp3) is 0.111. The lowest BCUT2D eigenvalue weighted by molar-refractivity contribution is -0.139. The van der Waals surface area contributed by atoms with Crippen LogP contribution in [0.1, 0.15) is 5.56 Å². The summed E-state index contributed by atoms with van der Waals surface area (Å²) in [6.07, 6.45) is -4.00. The normalized spacial score (nSPS) is 11.3. The van der Waals surface area contributed by atoms with E-state index in [4.69, 9.17) is 4.74 Å². The molecular weight excluding hydrogens is 350 g/mol. The van der Waals surface area contributed by atoms with Gasteiger partial charge in [-0.1, -0.05) is 18.2 Å². The predicted octanol–water partition coefficient (Wildman–Crippen LogP) is 5.19. The molecule has 0 aliphatic carbocycles. The van der Waals surface area contributed by atoms with E-state index in [9.17, 15) is 17.6 Å². The zero-order valence-corrected chi connectivity index (χ0v) is 13.5. The van der Waals surface area contributed by atoms with Crippen LogP contribution in [0.5, 0.6) is 11.6 Å². The van der Waals surface area contributed by atoms with E-state index in [1.807, 2.05) is 0 Å². The van der Waals surface area contributed by atoms with Crippen LogP contribution in [-0.2, 0) is 6.18 Å². The largest absolute Gasteiger partial charge is 0.438 e. The molecule has 0 amide bonds. The number of nitrogens with zero attached hydrogens (tertiary/aromatic N) is 3. The number of benzene rings is 2. The second kappa shape index (κ2) is 6.99. The van der Waals surface area contributed by atoms with Crippen LogP contribution in [0.2, 0.25) is 0 Å². The molecule has 8 heteroatoms. The first-order valence-electron chi connectivity index (χ1n) is 7.51. The number of aromatic nitrogens is 2. The van der Waals surface area contributed by atoms with Crippen molar-refractivity contribution in [3.05, 3.63) is 72.2 Å². The monoisotopic (exact) mass is 363 g/mol. The van der Waals surface area contributed by atoms with Gasteiger partial charge in [0.2, 0.25) is 11.8 Å². The molecule has 26 heavy (non-hydrogen) atoms. The van der Waals surface area contributed by atoms with Gasteiger partial charge >= 0.3 is 6.18 Å². The van der Waals surface area contributed by atoms with Gasteiger partial charge in [-0.15, -0.1) is 0 Å². The zero-order valence-electron chi connectivity index (χ0n) is 13.5. The third kappa shape index (κ3) is 3.90. The Bertz CT molecular complexity index is 883. The minimum absolute atomic E-state index is 0.0180. The summed E-state index contributed by atoms with van der Waals surface area (Å²) in [7, 11) is 1.56. The molecular formula is C18H13F4N3O. The fourth-order valence-electron chi connectivity index (χ4n) is 2.17. The second-order valence-corrected chi connectivity index (χ2v) is 5.34. The number of ether oxygens (including phenoxy) is 1. The maximum atomic E-state index is 13.2. The molecule has 2 aromatic carbocycles. The molecule has 0 unspecified atom stereocenters. The summed E-state index contributed by atoms with van der Waals surface area (Å²) in [4.78, 5) is 9.11. The van der Waals surface area contributed by atoms with Gasteiger partial charge < -0.3 is 9.64 Å². The lowest BCUT2D eigenvalue weighted by Crippen LogP contribution is -2.16. The minimum atomic E-state index is -4.67. The van der Waals surface area contributed by atoms with Crippen LogP contribution in [0, 0.1) is 5.82 Å². The Kier molecular flexibility index (Phi) is 4.75. The highest BCUT2D eigenvalue weighted by atomic mass is 19.4. The van der Waals surface area contributed by atoms with Crippen molar-refractivity contribution < 1.29 is 22.3 Å². The molecule has 0 spiro atoms. The topological polar surface area (TPSA) is 38.2 Å². The Morgan fingerprint density at radius 1 is 0.962 bits per heavy atom. The van der Waals surface area contributed by atoms with E-state index in [-0.39, 0.29) is 11.7 Å².